The predicted molar refractivity (Wildman–Crippen MR) is 104 cm³/mol. The molecule has 8 heteroatoms. The van der Waals surface area contributed by atoms with Gasteiger partial charge in [0.25, 0.3) is 0 Å². The SMILES string of the molecule is Cc1cc(C)c(NC(=O)CN(C)C(=O)Nc2ccc(OC(F)F)cc2)c(C)c1. The van der Waals surface area contributed by atoms with Crippen LogP contribution >= 0.6 is 0 Å². The fourth-order valence-electron chi connectivity index (χ4n) is 2.78. The van der Waals surface area contributed by atoms with Crippen molar-refractivity contribution in [3.05, 3.63) is 53.1 Å². The van der Waals surface area contributed by atoms with Gasteiger partial charge in [0.05, 0.1) is 0 Å². The molecule has 0 aliphatic rings. The van der Waals surface area contributed by atoms with E-state index in [1.165, 1.54) is 36.2 Å². The molecule has 0 saturated carbocycles. The van der Waals surface area contributed by atoms with Crippen LogP contribution in [0.25, 0.3) is 0 Å². The first-order valence-electron chi connectivity index (χ1n) is 8.60. The third-order valence-electron chi connectivity index (χ3n) is 4.00. The van der Waals surface area contributed by atoms with Crippen LogP contribution in [0.3, 0.4) is 0 Å². The molecule has 0 aliphatic heterocycles. The quantitative estimate of drug-likeness (QED) is 0.771. The largest absolute Gasteiger partial charge is 0.435 e. The monoisotopic (exact) mass is 391 g/mol. The van der Waals surface area contributed by atoms with Crippen LogP contribution in [0, 0.1) is 20.8 Å². The number of alkyl halides is 2. The molecule has 3 amide bonds. The fourth-order valence-corrected chi connectivity index (χ4v) is 2.78. The van der Waals surface area contributed by atoms with Crippen LogP contribution in [0.1, 0.15) is 16.7 Å². The number of nitrogens with one attached hydrogen (secondary N) is 2. The van der Waals surface area contributed by atoms with Crippen molar-refractivity contribution in [1.82, 2.24) is 4.90 Å². The molecule has 0 bridgehead atoms. The number of urea groups is 1. The number of carbonyl (C=O) groups is 2. The summed E-state index contributed by atoms with van der Waals surface area (Å²) in [6, 6.07) is 8.94. The van der Waals surface area contributed by atoms with Crippen LogP contribution in [0.4, 0.5) is 25.0 Å². The maximum atomic E-state index is 12.3. The van der Waals surface area contributed by atoms with E-state index in [0.717, 1.165) is 22.4 Å². The van der Waals surface area contributed by atoms with Crippen molar-refractivity contribution in [3.63, 3.8) is 0 Å². The van der Waals surface area contributed by atoms with Gasteiger partial charge in [-0.3, -0.25) is 4.79 Å². The lowest BCUT2D eigenvalue weighted by atomic mass is 10.1. The van der Waals surface area contributed by atoms with Crippen LogP contribution in [0.2, 0.25) is 0 Å². The minimum atomic E-state index is -2.91. The number of rotatable bonds is 6. The minimum absolute atomic E-state index is 0.00966. The van der Waals surface area contributed by atoms with E-state index >= 15 is 0 Å². The highest BCUT2D eigenvalue weighted by Crippen LogP contribution is 2.22. The van der Waals surface area contributed by atoms with Gasteiger partial charge in [-0.05, 0) is 56.2 Å². The topological polar surface area (TPSA) is 70.7 Å². The number of halogens is 2. The number of carbonyl (C=O) groups excluding carboxylic acids is 2. The number of benzene rings is 2. The Morgan fingerprint density at radius 1 is 1.04 bits per heavy atom. The van der Waals surface area contributed by atoms with E-state index in [-0.39, 0.29) is 18.2 Å². The van der Waals surface area contributed by atoms with E-state index in [2.05, 4.69) is 15.4 Å². The molecule has 28 heavy (non-hydrogen) atoms. The van der Waals surface area contributed by atoms with Gasteiger partial charge in [-0.2, -0.15) is 8.78 Å². The van der Waals surface area contributed by atoms with Gasteiger partial charge >= 0.3 is 12.6 Å². The van der Waals surface area contributed by atoms with Crippen LogP contribution in [0.15, 0.2) is 36.4 Å². The lowest BCUT2D eigenvalue weighted by Crippen LogP contribution is -2.37. The summed E-state index contributed by atoms with van der Waals surface area (Å²) < 4.78 is 28.5. The number of hydrogen-bond donors (Lipinski definition) is 2. The highest BCUT2D eigenvalue weighted by Gasteiger charge is 2.15. The number of anilines is 2. The van der Waals surface area contributed by atoms with Crippen molar-refractivity contribution < 1.29 is 23.1 Å². The number of ether oxygens (including phenoxy) is 1. The molecule has 0 aromatic heterocycles. The normalized spacial score (nSPS) is 10.5. The van der Waals surface area contributed by atoms with Crippen LogP contribution in [-0.4, -0.2) is 37.0 Å². The summed E-state index contributed by atoms with van der Waals surface area (Å²) in [6.45, 7) is 2.74. The summed E-state index contributed by atoms with van der Waals surface area (Å²) in [5.74, 6) is -0.335. The molecule has 0 radical (unpaired) electrons. The molecule has 0 aliphatic carbocycles. The smallest absolute Gasteiger partial charge is 0.387 e. The van der Waals surface area contributed by atoms with Gasteiger partial charge in [0.1, 0.15) is 12.3 Å². The number of amides is 3. The van der Waals surface area contributed by atoms with Crippen molar-refractivity contribution in [3.8, 4) is 5.75 Å². The summed E-state index contributed by atoms with van der Waals surface area (Å²) in [4.78, 5) is 25.7. The van der Waals surface area contributed by atoms with Crippen LogP contribution in [0.5, 0.6) is 5.75 Å². The zero-order valence-corrected chi connectivity index (χ0v) is 16.2. The molecule has 2 rings (SSSR count). The standard InChI is InChI=1S/C20H23F2N3O3/c1-12-9-13(2)18(14(3)10-12)24-17(26)11-25(4)20(27)23-15-5-7-16(8-6-15)28-19(21)22/h5-10,19H,11H2,1-4H3,(H,23,27)(H,24,26). The molecule has 2 aromatic rings. The molecule has 0 unspecified atom stereocenters. The van der Waals surface area contributed by atoms with E-state index in [4.69, 9.17) is 0 Å². The Bertz CT molecular complexity index is 831. The Labute approximate surface area is 162 Å². The van der Waals surface area contributed by atoms with E-state index in [1.807, 2.05) is 32.9 Å². The number of hydrogen-bond acceptors (Lipinski definition) is 3. The lowest BCUT2D eigenvalue weighted by Gasteiger charge is -2.19. The maximum absolute atomic E-state index is 12.3. The Kier molecular flexibility index (Phi) is 6.92. The summed E-state index contributed by atoms with van der Waals surface area (Å²) in [5.41, 5.74) is 4.13. The van der Waals surface area contributed by atoms with Crippen molar-refractivity contribution in [2.24, 2.45) is 0 Å². The van der Waals surface area contributed by atoms with E-state index in [1.54, 1.807) is 0 Å². The number of nitrogens with zero attached hydrogens (tertiary/aromatic N) is 1. The van der Waals surface area contributed by atoms with Crippen LogP contribution in [-0.2, 0) is 4.79 Å². The average Bonchev–Trinajstić information content (AvgIpc) is 2.59. The molecule has 0 heterocycles. The summed E-state index contributed by atoms with van der Waals surface area (Å²) in [5, 5.41) is 5.42. The van der Waals surface area contributed by atoms with E-state index in [0.29, 0.717) is 5.69 Å². The second kappa shape index (κ2) is 9.16. The molecule has 6 nitrogen and oxygen atoms in total. The number of likely N-dealkylation sites (N-methyl/N-ethyl adjacent to an activating group) is 1. The highest BCUT2D eigenvalue weighted by atomic mass is 19.3. The molecule has 0 fully saturated rings. The molecule has 150 valence electrons. The molecule has 0 atom stereocenters. The third kappa shape index (κ3) is 5.94. The zero-order chi connectivity index (χ0) is 20.8. The van der Waals surface area contributed by atoms with Gasteiger partial charge in [0.15, 0.2) is 0 Å². The van der Waals surface area contributed by atoms with Gasteiger partial charge in [0, 0.05) is 18.4 Å². The first-order valence-corrected chi connectivity index (χ1v) is 8.60. The second-order valence-corrected chi connectivity index (χ2v) is 6.51. The van der Waals surface area contributed by atoms with E-state index in [9.17, 15) is 18.4 Å². The third-order valence-corrected chi connectivity index (χ3v) is 4.00. The molecular formula is C20H23F2N3O3. The fraction of sp³-hybridized carbons (Fsp3) is 0.300. The number of aryl methyl sites for hydroxylation is 3. The molecule has 0 spiro atoms. The van der Waals surface area contributed by atoms with Gasteiger partial charge in [0.2, 0.25) is 5.91 Å². The van der Waals surface area contributed by atoms with Gasteiger partial charge in [-0.25, -0.2) is 4.79 Å². The van der Waals surface area contributed by atoms with Gasteiger partial charge in [-0.1, -0.05) is 17.7 Å². The summed E-state index contributed by atoms with van der Waals surface area (Å²) in [6.07, 6.45) is 0. The maximum Gasteiger partial charge on any atom is 0.387 e. The first kappa shape index (κ1) is 21.1. The van der Waals surface area contributed by atoms with Crippen molar-refractivity contribution in [1.29, 1.82) is 0 Å². The Morgan fingerprint density at radius 3 is 2.14 bits per heavy atom. The van der Waals surface area contributed by atoms with Crippen molar-refractivity contribution in [2.75, 3.05) is 24.2 Å². The van der Waals surface area contributed by atoms with Crippen molar-refractivity contribution >= 4 is 23.3 Å². The summed E-state index contributed by atoms with van der Waals surface area (Å²) >= 11 is 0. The molecular weight excluding hydrogens is 368 g/mol. The van der Waals surface area contributed by atoms with Crippen molar-refractivity contribution in [2.45, 2.75) is 27.4 Å². The Hall–Kier alpha value is -3.16. The Morgan fingerprint density at radius 2 is 1.61 bits per heavy atom. The summed E-state index contributed by atoms with van der Waals surface area (Å²) in [7, 11) is 1.48. The Balaban J connectivity index is 1.92. The molecule has 2 N–H and O–H groups in total. The minimum Gasteiger partial charge on any atom is -0.435 e. The predicted octanol–water partition coefficient (Wildman–Crippen LogP) is 4.32. The van der Waals surface area contributed by atoms with Gasteiger partial charge < -0.3 is 20.3 Å². The second-order valence-electron chi connectivity index (χ2n) is 6.51. The van der Waals surface area contributed by atoms with Gasteiger partial charge in [-0.15, -0.1) is 0 Å². The lowest BCUT2D eigenvalue weighted by molar-refractivity contribution is -0.116. The zero-order valence-electron chi connectivity index (χ0n) is 16.2. The van der Waals surface area contributed by atoms with Crippen LogP contribution < -0.4 is 15.4 Å². The first-order chi connectivity index (χ1) is 13.2. The molecule has 0 saturated heterocycles. The highest BCUT2D eigenvalue weighted by molar-refractivity contribution is 5.97. The van der Waals surface area contributed by atoms with E-state index < -0.39 is 12.6 Å². The molecule has 2 aromatic carbocycles. The average molecular weight is 391 g/mol.